The molecule has 0 bridgehead atoms. The van der Waals surface area contributed by atoms with Gasteiger partial charge in [0.25, 0.3) is 0 Å². The van der Waals surface area contributed by atoms with Gasteiger partial charge in [0.2, 0.25) is 11.8 Å². The van der Waals surface area contributed by atoms with Crippen LogP contribution in [0.25, 0.3) is 0 Å². The number of nitrogens with zero attached hydrogens (tertiary/aromatic N) is 2. The van der Waals surface area contributed by atoms with E-state index in [-0.39, 0.29) is 17.4 Å². The van der Waals surface area contributed by atoms with Crippen molar-refractivity contribution in [1.82, 2.24) is 15.1 Å². The molecule has 6 heteroatoms. The number of fused-ring (bicyclic) bond motifs is 1. The van der Waals surface area contributed by atoms with Crippen LogP contribution in [-0.2, 0) is 16.0 Å². The fourth-order valence-electron chi connectivity index (χ4n) is 4.87. The molecule has 1 aromatic carbocycles. The molecule has 3 aliphatic rings. The molecule has 1 aromatic rings. The molecule has 0 atom stereocenters. The van der Waals surface area contributed by atoms with E-state index in [4.69, 9.17) is 0 Å². The van der Waals surface area contributed by atoms with E-state index in [9.17, 15) is 9.59 Å². The van der Waals surface area contributed by atoms with Crippen molar-refractivity contribution in [2.24, 2.45) is 5.92 Å². The van der Waals surface area contributed by atoms with Crippen molar-refractivity contribution < 1.29 is 9.59 Å². The van der Waals surface area contributed by atoms with Gasteiger partial charge in [0.15, 0.2) is 0 Å². The lowest BCUT2D eigenvalue weighted by molar-refractivity contribution is -0.138. The molecule has 2 saturated heterocycles. The number of carbonyl (C=O) groups is 2. The first-order valence-electron chi connectivity index (χ1n) is 10.6. The molecule has 0 saturated carbocycles. The molecular formula is C22H32N4O2. The third kappa shape index (κ3) is 4.17. The maximum atomic E-state index is 13.0. The SMILES string of the molecule is CN1CCC(C(=O)N2CCC3(CC2)CC(=O)NCCc2ccccc2N3)CC1. The molecule has 2 amide bonds. The van der Waals surface area contributed by atoms with Crippen LogP contribution in [0.15, 0.2) is 24.3 Å². The second-order valence-electron chi connectivity index (χ2n) is 8.74. The van der Waals surface area contributed by atoms with Gasteiger partial charge in [-0.15, -0.1) is 0 Å². The first-order valence-corrected chi connectivity index (χ1v) is 10.6. The van der Waals surface area contributed by atoms with Crippen molar-refractivity contribution in [3.63, 3.8) is 0 Å². The number of carbonyl (C=O) groups excluding carboxylic acids is 2. The van der Waals surface area contributed by atoms with Gasteiger partial charge in [0.1, 0.15) is 0 Å². The largest absolute Gasteiger partial charge is 0.379 e. The molecule has 1 spiro atoms. The predicted octanol–water partition coefficient (Wildman–Crippen LogP) is 1.86. The van der Waals surface area contributed by atoms with Crippen molar-refractivity contribution in [2.75, 3.05) is 45.1 Å². The van der Waals surface area contributed by atoms with Crippen LogP contribution >= 0.6 is 0 Å². The quantitative estimate of drug-likeness (QED) is 0.776. The van der Waals surface area contributed by atoms with Crippen LogP contribution in [0.2, 0.25) is 0 Å². The lowest BCUT2D eigenvalue weighted by Gasteiger charge is -2.44. The molecule has 0 aliphatic carbocycles. The molecule has 3 aliphatic heterocycles. The monoisotopic (exact) mass is 384 g/mol. The van der Waals surface area contributed by atoms with Gasteiger partial charge in [-0.2, -0.15) is 0 Å². The lowest BCUT2D eigenvalue weighted by atomic mass is 9.82. The van der Waals surface area contributed by atoms with E-state index in [2.05, 4.69) is 40.8 Å². The van der Waals surface area contributed by atoms with Crippen LogP contribution < -0.4 is 10.6 Å². The molecule has 2 N–H and O–H groups in total. The zero-order chi connectivity index (χ0) is 19.6. The number of likely N-dealkylation sites (tertiary alicyclic amines) is 2. The third-order valence-electron chi connectivity index (χ3n) is 6.73. The minimum Gasteiger partial charge on any atom is -0.379 e. The van der Waals surface area contributed by atoms with E-state index >= 15 is 0 Å². The topological polar surface area (TPSA) is 64.7 Å². The highest BCUT2D eigenvalue weighted by Crippen LogP contribution is 2.33. The Morgan fingerprint density at radius 2 is 1.82 bits per heavy atom. The summed E-state index contributed by atoms with van der Waals surface area (Å²) in [6, 6.07) is 8.34. The summed E-state index contributed by atoms with van der Waals surface area (Å²) in [4.78, 5) is 29.8. The predicted molar refractivity (Wildman–Crippen MR) is 110 cm³/mol. The molecule has 28 heavy (non-hydrogen) atoms. The number of nitrogens with one attached hydrogen (secondary N) is 2. The second-order valence-corrected chi connectivity index (χ2v) is 8.74. The zero-order valence-corrected chi connectivity index (χ0v) is 16.9. The van der Waals surface area contributed by atoms with Crippen LogP contribution in [0, 0.1) is 5.92 Å². The summed E-state index contributed by atoms with van der Waals surface area (Å²) in [5, 5.41) is 6.79. The average molecular weight is 385 g/mol. The Morgan fingerprint density at radius 1 is 1.11 bits per heavy atom. The van der Waals surface area contributed by atoms with Gasteiger partial charge in [-0.05, 0) is 63.9 Å². The summed E-state index contributed by atoms with van der Waals surface area (Å²) in [6.45, 7) is 4.15. The fourth-order valence-corrected chi connectivity index (χ4v) is 4.87. The number of piperidine rings is 2. The van der Waals surface area contributed by atoms with E-state index in [0.29, 0.717) is 18.9 Å². The Morgan fingerprint density at radius 3 is 2.57 bits per heavy atom. The number of para-hydroxylation sites is 1. The maximum absolute atomic E-state index is 13.0. The van der Waals surface area contributed by atoms with Crippen molar-refractivity contribution in [3.05, 3.63) is 29.8 Å². The molecule has 6 nitrogen and oxygen atoms in total. The summed E-state index contributed by atoms with van der Waals surface area (Å²) < 4.78 is 0. The molecular weight excluding hydrogens is 352 g/mol. The van der Waals surface area contributed by atoms with Crippen LogP contribution in [0.3, 0.4) is 0 Å². The van der Waals surface area contributed by atoms with E-state index in [0.717, 1.165) is 64.0 Å². The Labute approximate surface area is 167 Å². The zero-order valence-electron chi connectivity index (χ0n) is 16.9. The van der Waals surface area contributed by atoms with Crippen molar-refractivity contribution >= 4 is 17.5 Å². The van der Waals surface area contributed by atoms with Gasteiger partial charge in [0.05, 0.1) is 0 Å². The summed E-state index contributed by atoms with van der Waals surface area (Å²) in [7, 11) is 2.12. The number of anilines is 1. The third-order valence-corrected chi connectivity index (χ3v) is 6.73. The Bertz CT molecular complexity index is 719. The number of benzene rings is 1. The molecule has 4 rings (SSSR count). The maximum Gasteiger partial charge on any atom is 0.225 e. The van der Waals surface area contributed by atoms with Gasteiger partial charge >= 0.3 is 0 Å². The van der Waals surface area contributed by atoms with Gasteiger partial charge in [-0.25, -0.2) is 0 Å². The van der Waals surface area contributed by atoms with E-state index in [1.807, 2.05) is 11.0 Å². The highest BCUT2D eigenvalue weighted by atomic mass is 16.2. The highest BCUT2D eigenvalue weighted by molar-refractivity contribution is 5.80. The van der Waals surface area contributed by atoms with Gasteiger partial charge < -0.3 is 20.4 Å². The molecule has 0 unspecified atom stereocenters. The smallest absolute Gasteiger partial charge is 0.225 e. The average Bonchev–Trinajstić information content (AvgIpc) is 2.76. The highest BCUT2D eigenvalue weighted by Gasteiger charge is 2.39. The number of hydrogen-bond donors (Lipinski definition) is 2. The summed E-state index contributed by atoms with van der Waals surface area (Å²) in [6.07, 6.45) is 4.86. The number of hydrogen-bond acceptors (Lipinski definition) is 4. The van der Waals surface area contributed by atoms with Crippen molar-refractivity contribution in [1.29, 1.82) is 0 Å². The van der Waals surface area contributed by atoms with Gasteiger partial charge in [-0.1, -0.05) is 18.2 Å². The second kappa shape index (κ2) is 8.11. The minimum absolute atomic E-state index is 0.107. The normalized spacial score (nSPS) is 23.8. The van der Waals surface area contributed by atoms with Crippen LogP contribution in [0.1, 0.15) is 37.7 Å². The molecule has 152 valence electrons. The fraction of sp³-hybridized carbons (Fsp3) is 0.636. The van der Waals surface area contributed by atoms with Crippen LogP contribution in [0.4, 0.5) is 5.69 Å². The Kier molecular flexibility index (Phi) is 5.58. The first kappa shape index (κ1) is 19.2. The first-order chi connectivity index (χ1) is 13.5. The molecule has 0 radical (unpaired) electrons. The summed E-state index contributed by atoms with van der Waals surface area (Å²) >= 11 is 0. The van der Waals surface area contributed by atoms with Crippen LogP contribution in [0.5, 0.6) is 0 Å². The van der Waals surface area contributed by atoms with Crippen molar-refractivity contribution in [3.8, 4) is 0 Å². The standard InChI is InChI=1S/C22H32N4O2/c1-25-12-7-18(8-13-25)21(28)26-14-9-22(10-15-26)16-20(27)23-11-6-17-4-2-3-5-19(17)24-22/h2-5,18,24H,6-16H2,1H3,(H,23,27). The number of rotatable bonds is 1. The van der Waals surface area contributed by atoms with E-state index < -0.39 is 0 Å². The van der Waals surface area contributed by atoms with E-state index in [1.165, 1.54) is 5.56 Å². The van der Waals surface area contributed by atoms with Crippen LogP contribution in [-0.4, -0.2) is 66.9 Å². The van der Waals surface area contributed by atoms with Gasteiger partial charge in [-0.3, -0.25) is 9.59 Å². The summed E-state index contributed by atoms with van der Waals surface area (Å²) in [5.74, 6) is 0.592. The Balaban J connectivity index is 1.45. The molecule has 3 heterocycles. The lowest BCUT2D eigenvalue weighted by Crippen LogP contribution is -2.54. The van der Waals surface area contributed by atoms with Crippen molar-refractivity contribution in [2.45, 2.75) is 44.1 Å². The summed E-state index contributed by atoms with van der Waals surface area (Å²) in [5.41, 5.74) is 2.11. The number of amides is 2. The van der Waals surface area contributed by atoms with Gasteiger partial charge in [0, 0.05) is 43.2 Å². The Hall–Kier alpha value is -2.08. The molecule has 0 aromatic heterocycles. The minimum atomic E-state index is -0.270. The van der Waals surface area contributed by atoms with E-state index in [1.54, 1.807) is 0 Å². The molecule has 2 fully saturated rings.